The van der Waals surface area contributed by atoms with Gasteiger partial charge in [0.2, 0.25) is 17.7 Å². The Morgan fingerprint density at radius 1 is 1.17 bits per heavy atom. The lowest BCUT2D eigenvalue weighted by atomic mass is 10.2. The Morgan fingerprint density at radius 3 is 2.62 bits per heavy atom. The summed E-state index contributed by atoms with van der Waals surface area (Å²) >= 11 is 11.9. The normalized spacial score (nSPS) is 11.4. The van der Waals surface area contributed by atoms with Crippen molar-refractivity contribution < 1.29 is 13.6 Å². The summed E-state index contributed by atoms with van der Waals surface area (Å²) in [6.07, 6.45) is 2.97. The molecule has 0 atom stereocenters. The van der Waals surface area contributed by atoms with Crippen molar-refractivity contribution >= 4 is 35.2 Å². The molecule has 0 N–H and O–H groups in total. The number of hydrogen-bond donors (Lipinski definition) is 0. The van der Waals surface area contributed by atoms with E-state index >= 15 is 0 Å². The van der Waals surface area contributed by atoms with Gasteiger partial charge in [-0.1, -0.05) is 41.4 Å². The zero-order valence-electron chi connectivity index (χ0n) is 15.8. The van der Waals surface area contributed by atoms with Crippen LogP contribution in [0.3, 0.4) is 0 Å². The van der Waals surface area contributed by atoms with Gasteiger partial charge in [-0.05, 0) is 49.8 Å². The highest BCUT2D eigenvalue weighted by molar-refractivity contribution is 6.33. The molecule has 0 aliphatic heterocycles. The summed E-state index contributed by atoms with van der Waals surface area (Å²) in [7, 11) is 0. The average Bonchev–Trinajstić information content (AvgIpc) is 3.15. The van der Waals surface area contributed by atoms with Crippen molar-refractivity contribution in [3.8, 4) is 11.5 Å². The van der Waals surface area contributed by atoms with E-state index in [0.29, 0.717) is 27.9 Å². The third-order valence-electron chi connectivity index (χ3n) is 4.15. The van der Waals surface area contributed by atoms with Crippen LogP contribution in [0.25, 0.3) is 17.5 Å². The third kappa shape index (κ3) is 5.22. The Morgan fingerprint density at radius 2 is 1.93 bits per heavy atom. The van der Waals surface area contributed by atoms with Gasteiger partial charge < -0.3 is 9.32 Å². The van der Waals surface area contributed by atoms with Crippen molar-refractivity contribution in [2.75, 3.05) is 0 Å². The van der Waals surface area contributed by atoms with Gasteiger partial charge in [0.1, 0.15) is 5.82 Å². The highest BCUT2D eigenvalue weighted by Crippen LogP contribution is 2.26. The predicted molar refractivity (Wildman–Crippen MR) is 111 cm³/mol. The Balaban J connectivity index is 1.75. The molecular weight excluding hydrogens is 416 g/mol. The maximum absolute atomic E-state index is 13.3. The van der Waals surface area contributed by atoms with E-state index in [1.165, 1.54) is 18.2 Å². The van der Waals surface area contributed by atoms with Gasteiger partial charge in [0.15, 0.2) is 0 Å². The van der Waals surface area contributed by atoms with Crippen LogP contribution in [0.5, 0.6) is 0 Å². The highest BCUT2D eigenvalue weighted by Gasteiger charge is 2.19. The van der Waals surface area contributed by atoms with Gasteiger partial charge >= 0.3 is 0 Å². The summed E-state index contributed by atoms with van der Waals surface area (Å²) in [4.78, 5) is 14.2. The van der Waals surface area contributed by atoms with Gasteiger partial charge in [0, 0.05) is 12.1 Å². The third-order valence-corrected chi connectivity index (χ3v) is 4.76. The maximum atomic E-state index is 13.3. The highest BCUT2D eigenvalue weighted by atomic mass is 35.5. The second-order valence-electron chi connectivity index (χ2n) is 6.55. The fourth-order valence-electron chi connectivity index (χ4n) is 2.60. The van der Waals surface area contributed by atoms with Gasteiger partial charge in [0.05, 0.1) is 22.2 Å². The quantitative estimate of drug-likeness (QED) is 0.472. The number of benzene rings is 2. The molecule has 0 bridgehead atoms. The van der Waals surface area contributed by atoms with Crippen molar-refractivity contribution in [2.45, 2.75) is 26.4 Å². The van der Waals surface area contributed by atoms with E-state index in [4.69, 9.17) is 27.6 Å². The van der Waals surface area contributed by atoms with Crippen LogP contribution < -0.4 is 0 Å². The molecule has 3 aromatic rings. The van der Waals surface area contributed by atoms with E-state index in [1.54, 1.807) is 29.2 Å². The zero-order valence-corrected chi connectivity index (χ0v) is 17.3. The SMILES string of the molecule is CC(C)N(Cc1nnc(-c2ccccc2Cl)o1)C(=O)/C=C/c1ccc(F)c(Cl)c1. The molecule has 3 rings (SSSR count). The van der Waals surface area contributed by atoms with Crippen LogP contribution in [0.1, 0.15) is 25.3 Å². The van der Waals surface area contributed by atoms with Crippen LogP contribution in [0.15, 0.2) is 53.0 Å². The topological polar surface area (TPSA) is 59.2 Å². The number of amides is 1. The smallest absolute Gasteiger partial charge is 0.249 e. The van der Waals surface area contributed by atoms with E-state index in [2.05, 4.69) is 10.2 Å². The van der Waals surface area contributed by atoms with Gasteiger partial charge in [-0.25, -0.2) is 4.39 Å². The molecule has 0 radical (unpaired) electrons. The lowest BCUT2D eigenvalue weighted by molar-refractivity contribution is -0.128. The van der Waals surface area contributed by atoms with Crippen molar-refractivity contribution in [3.63, 3.8) is 0 Å². The Bertz CT molecular complexity index is 1050. The molecule has 8 heteroatoms. The Labute approximate surface area is 177 Å². The van der Waals surface area contributed by atoms with Crippen molar-refractivity contribution in [1.29, 1.82) is 0 Å². The van der Waals surface area contributed by atoms with Crippen molar-refractivity contribution in [3.05, 3.63) is 75.9 Å². The summed E-state index contributed by atoms with van der Waals surface area (Å²) in [6, 6.07) is 11.3. The first-order valence-corrected chi connectivity index (χ1v) is 9.61. The van der Waals surface area contributed by atoms with Gasteiger partial charge in [-0.15, -0.1) is 10.2 Å². The molecule has 0 aliphatic carbocycles. The van der Waals surface area contributed by atoms with Crippen LogP contribution >= 0.6 is 23.2 Å². The predicted octanol–water partition coefficient (Wildman–Crippen LogP) is 5.63. The summed E-state index contributed by atoms with van der Waals surface area (Å²) in [5, 5.41) is 8.55. The summed E-state index contributed by atoms with van der Waals surface area (Å²) < 4.78 is 19.0. The second-order valence-corrected chi connectivity index (χ2v) is 7.36. The van der Waals surface area contributed by atoms with Crippen LogP contribution in [0.2, 0.25) is 10.0 Å². The summed E-state index contributed by atoms with van der Waals surface area (Å²) in [6.45, 7) is 3.90. The minimum absolute atomic E-state index is 0.00160. The molecule has 0 saturated heterocycles. The molecule has 0 fully saturated rings. The van der Waals surface area contributed by atoms with Gasteiger partial charge in [-0.3, -0.25) is 4.79 Å². The van der Waals surface area contributed by atoms with Gasteiger partial charge in [0.25, 0.3) is 0 Å². The molecule has 150 valence electrons. The van der Waals surface area contributed by atoms with Crippen molar-refractivity contribution in [2.24, 2.45) is 0 Å². The average molecular weight is 434 g/mol. The molecule has 0 saturated carbocycles. The monoisotopic (exact) mass is 433 g/mol. The van der Waals surface area contributed by atoms with E-state index in [1.807, 2.05) is 26.0 Å². The van der Waals surface area contributed by atoms with Crippen LogP contribution in [0.4, 0.5) is 4.39 Å². The number of carbonyl (C=O) groups excluding carboxylic acids is 1. The standard InChI is InChI=1S/C21H18Cl2FN3O2/c1-13(2)27(20(28)10-8-14-7-9-18(24)17(23)11-14)12-19-25-26-21(29-19)15-5-3-4-6-16(15)22/h3-11,13H,12H2,1-2H3/b10-8+. The molecule has 2 aromatic carbocycles. The Kier molecular flexibility index (Phi) is 6.67. The molecule has 1 aromatic heterocycles. The zero-order chi connectivity index (χ0) is 21.0. The summed E-state index contributed by atoms with van der Waals surface area (Å²) in [5.74, 6) is -0.180. The number of hydrogen-bond acceptors (Lipinski definition) is 4. The molecule has 5 nitrogen and oxygen atoms in total. The number of aromatic nitrogens is 2. The number of halogens is 3. The first-order valence-electron chi connectivity index (χ1n) is 8.86. The molecule has 0 unspecified atom stereocenters. The lowest BCUT2D eigenvalue weighted by Gasteiger charge is -2.23. The molecule has 29 heavy (non-hydrogen) atoms. The first-order chi connectivity index (χ1) is 13.8. The van der Waals surface area contributed by atoms with Crippen LogP contribution in [-0.4, -0.2) is 27.0 Å². The fraction of sp³-hybridized carbons (Fsp3) is 0.190. The largest absolute Gasteiger partial charge is 0.419 e. The van der Waals surface area contributed by atoms with Crippen molar-refractivity contribution in [1.82, 2.24) is 15.1 Å². The van der Waals surface area contributed by atoms with E-state index < -0.39 is 5.82 Å². The molecule has 0 aliphatic rings. The van der Waals surface area contributed by atoms with Crippen LogP contribution in [0, 0.1) is 5.82 Å². The van der Waals surface area contributed by atoms with E-state index in [9.17, 15) is 9.18 Å². The second kappa shape index (κ2) is 9.20. The molecule has 0 spiro atoms. The lowest BCUT2D eigenvalue weighted by Crippen LogP contribution is -2.35. The molecular formula is C21H18Cl2FN3O2. The first kappa shape index (κ1) is 21.0. The summed E-state index contributed by atoms with van der Waals surface area (Å²) in [5.41, 5.74) is 1.25. The maximum Gasteiger partial charge on any atom is 0.249 e. The van der Waals surface area contributed by atoms with E-state index in [0.717, 1.165) is 0 Å². The Hall–Kier alpha value is -2.70. The number of rotatable bonds is 6. The van der Waals surface area contributed by atoms with E-state index in [-0.39, 0.29) is 23.5 Å². The minimum Gasteiger partial charge on any atom is -0.419 e. The number of carbonyl (C=O) groups is 1. The fourth-order valence-corrected chi connectivity index (χ4v) is 3.01. The molecule has 1 amide bonds. The van der Waals surface area contributed by atoms with Gasteiger partial charge in [-0.2, -0.15) is 0 Å². The molecule has 1 heterocycles. The minimum atomic E-state index is -0.510. The van der Waals surface area contributed by atoms with Crippen LogP contribution in [-0.2, 0) is 11.3 Å². The number of nitrogens with zero attached hydrogens (tertiary/aromatic N) is 3.